The molecule has 2 N–H and O–H groups in total. The van der Waals surface area contributed by atoms with Crippen LogP contribution in [0.1, 0.15) is 25.0 Å². The topological polar surface area (TPSA) is 112 Å². The van der Waals surface area contributed by atoms with Gasteiger partial charge in [-0.3, -0.25) is 4.31 Å². The smallest absolute Gasteiger partial charge is 0.231 e. The minimum absolute atomic E-state index is 0.0123. The first kappa shape index (κ1) is 25.5. The maximum Gasteiger partial charge on any atom is 0.231 e. The molecule has 9 heteroatoms. The quantitative estimate of drug-likeness (QED) is 0.528. The average Bonchev–Trinajstić information content (AvgIpc) is 2.75. The maximum absolute atomic E-state index is 11.7. The van der Waals surface area contributed by atoms with Crippen molar-refractivity contribution in [3.05, 3.63) is 53.6 Å². The van der Waals surface area contributed by atoms with E-state index >= 15 is 0 Å². The van der Waals surface area contributed by atoms with Crippen LogP contribution in [0.15, 0.2) is 42.5 Å². The number of hydrogen-bond acceptors (Lipinski definition) is 7. The predicted molar refractivity (Wildman–Crippen MR) is 125 cm³/mol. The summed E-state index contributed by atoms with van der Waals surface area (Å²) in [4.78, 5) is 0. The third kappa shape index (κ3) is 7.41. The zero-order chi connectivity index (χ0) is 23.9. The molecule has 0 bridgehead atoms. The third-order valence-electron chi connectivity index (χ3n) is 5.00. The number of aliphatic hydroxyl groups excluding tert-OH is 1. The van der Waals surface area contributed by atoms with E-state index in [4.69, 9.17) is 9.47 Å². The lowest BCUT2D eigenvalue weighted by Gasteiger charge is -2.28. The van der Waals surface area contributed by atoms with E-state index in [1.54, 1.807) is 13.2 Å². The first-order chi connectivity index (χ1) is 14.9. The summed E-state index contributed by atoms with van der Waals surface area (Å²) >= 11 is 0. The lowest BCUT2D eigenvalue weighted by Crippen LogP contribution is -2.46. The monoisotopic (exact) mass is 461 g/mol. The van der Waals surface area contributed by atoms with Crippen molar-refractivity contribution in [3.8, 4) is 17.6 Å². The molecular formula is C23H31N3O5S. The number of rotatable bonds is 11. The minimum Gasteiger partial charge on any atom is -0.497 e. The van der Waals surface area contributed by atoms with Crippen LogP contribution in [-0.4, -0.2) is 58.7 Å². The van der Waals surface area contributed by atoms with Crippen molar-refractivity contribution in [2.75, 3.05) is 37.9 Å². The highest BCUT2D eigenvalue weighted by Crippen LogP contribution is 2.25. The Balaban J connectivity index is 1.91. The molecule has 0 radical (unpaired) electrons. The molecule has 0 spiro atoms. The van der Waals surface area contributed by atoms with Gasteiger partial charge in [0.05, 0.1) is 24.6 Å². The molecule has 174 valence electrons. The van der Waals surface area contributed by atoms with Gasteiger partial charge in [-0.15, -0.1) is 0 Å². The van der Waals surface area contributed by atoms with E-state index in [-0.39, 0.29) is 23.5 Å². The van der Waals surface area contributed by atoms with Crippen molar-refractivity contribution in [3.63, 3.8) is 0 Å². The number of benzene rings is 2. The number of aliphatic hydroxyl groups is 1. The number of ether oxygens (including phenoxy) is 2. The Morgan fingerprint density at radius 2 is 1.88 bits per heavy atom. The molecule has 2 aromatic carbocycles. The number of methoxy groups -OCH3 is 1. The van der Waals surface area contributed by atoms with Gasteiger partial charge in [-0.2, -0.15) is 5.26 Å². The Labute approximate surface area is 190 Å². The van der Waals surface area contributed by atoms with Gasteiger partial charge in [0.25, 0.3) is 0 Å². The number of hydrogen-bond donors (Lipinski definition) is 2. The number of anilines is 1. The molecule has 0 aliphatic carbocycles. The summed E-state index contributed by atoms with van der Waals surface area (Å²) < 4.78 is 35.3. The summed E-state index contributed by atoms with van der Waals surface area (Å²) in [6.07, 6.45) is 1.05. The molecule has 0 aliphatic heterocycles. The van der Waals surface area contributed by atoms with Gasteiger partial charge in [0.1, 0.15) is 30.3 Å². The summed E-state index contributed by atoms with van der Waals surface area (Å²) in [5, 5.41) is 23.1. The van der Waals surface area contributed by atoms with Gasteiger partial charge in [-0.05, 0) is 56.2 Å². The van der Waals surface area contributed by atoms with E-state index in [2.05, 4.69) is 19.2 Å². The van der Waals surface area contributed by atoms with E-state index in [1.807, 2.05) is 30.3 Å². The third-order valence-corrected chi connectivity index (χ3v) is 6.20. The number of β-amino-alcohol motifs (C(OH)–C–C–N with tert-alkyl or cyclic N) is 1. The standard InChI is InChI=1S/C23H31N3O5S/c1-23(2,13-17-6-9-21(30-4)10-7-17)25-15-20(27)16-31-22-11-8-19(12-18(22)14-24)26(3)32(5,28)29/h6-12,20,25,27H,13,15-16H2,1-5H3. The molecular weight excluding hydrogens is 430 g/mol. The highest BCUT2D eigenvalue weighted by atomic mass is 32.2. The zero-order valence-electron chi connectivity index (χ0n) is 19.1. The van der Waals surface area contributed by atoms with Crippen molar-refractivity contribution in [1.29, 1.82) is 5.26 Å². The molecule has 0 amide bonds. The van der Waals surface area contributed by atoms with Gasteiger partial charge in [0.15, 0.2) is 0 Å². The highest BCUT2D eigenvalue weighted by molar-refractivity contribution is 7.92. The SMILES string of the molecule is COc1ccc(CC(C)(C)NCC(O)COc2ccc(N(C)S(C)(=O)=O)cc2C#N)cc1. The molecule has 1 atom stereocenters. The molecule has 0 fully saturated rings. The van der Waals surface area contributed by atoms with Crippen LogP contribution in [-0.2, 0) is 16.4 Å². The fraction of sp³-hybridized carbons (Fsp3) is 0.435. The Morgan fingerprint density at radius 3 is 2.44 bits per heavy atom. The lowest BCUT2D eigenvalue weighted by molar-refractivity contribution is 0.0987. The summed E-state index contributed by atoms with van der Waals surface area (Å²) in [7, 11) is -0.395. The highest BCUT2D eigenvalue weighted by Gasteiger charge is 2.20. The van der Waals surface area contributed by atoms with Crippen LogP contribution in [0.5, 0.6) is 11.5 Å². The van der Waals surface area contributed by atoms with Gasteiger partial charge in [-0.1, -0.05) is 12.1 Å². The predicted octanol–water partition coefficient (Wildman–Crippen LogP) is 2.31. The second kappa shape index (κ2) is 10.7. The van der Waals surface area contributed by atoms with Crippen LogP contribution in [0, 0.1) is 11.3 Å². The van der Waals surface area contributed by atoms with Crippen LogP contribution in [0.3, 0.4) is 0 Å². The molecule has 0 saturated carbocycles. The van der Waals surface area contributed by atoms with E-state index in [0.29, 0.717) is 12.2 Å². The molecule has 0 saturated heterocycles. The van der Waals surface area contributed by atoms with E-state index in [1.165, 1.54) is 19.2 Å². The van der Waals surface area contributed by atoms with Gasteiger partial charge >= 0.3 is 0 Å². The summed E-state index contributed by atoms with van der Waals surface area (Å²) in [6.45, 7) is 4.40. The molecule has 0 aromatic heterocycles. The normalized spacial score (nSPS) is 12.7. The molecule has 0 aliphatic rings. The molecule has 8 nitrogen and oxygen atoms in total. The van der Waals surface area contributed by atoms with Gasteiger partial charge in [0.2, 0.25) is 10.0 Å². The largest absolute Gasteiger partial charge is 0.497 e. The van der Waals surface area contributed by atoms with E-state index in [0.717, 1.165) is 28.3 Å². The fourth-order valence-corrected chi connectivity index (χ4v) is 3.57. The molecule has 2 rings (SSSR count). The van der Waals surface area contributed by atoms with Crippen molar-refractivity contribution in [2.24, 2.45) is 0 Å². The second-order valence-electron chi connectivity index (χ2n) is 8.28. The number of nitrogens with one attached hydrogen (secondary N) is 1. The Kier molecular flexibility index (Phi) is 8.50. The Hall–Kier alpha value is -2.80. The number of sulfonamides is 1. The minimum atomic E-state index is -3.44. The Morgan fingerprint density at radius 1 is 1.22 bits per heavy atom. The molecule has 1 unspecified atom stereocenters. The summed E-state index contributed by atoms with van der Waals surface area (Å²) in [5.41, 5.74) is 1.44. The Bertz CT molecular complexity index is 1050. The molecule has 32 heavy (non-hydrogen) atoms. The van der Waals surface area contributed by atoms with Gasteiger partial charge in [0, 0.05) is 19.1 Å². The fourth-order valence-electron chi connectivity index (χ4n) is 3.07. The molecule has 2 aromatic rings. The van der Waals surface area contributed by atoms with Crippen LogP contribution in [0.4, 0.5) is 5.69 Å². The number of nitriles is 1. The summed E-state index contributed by atoms with van der Waals surface area (Å²) in [5.74, 6) is 1.09. The maximum atomic E-state index is 11.7. The number of nitrogens with zero attached hydrogens (tertiary/aromatic N) is 2. The first-order valence-corrected chi connectivity index (χ1v) is 12.0. The van der Waals surface area contributed by atoms with Crippen molar-refractivity contribution in [1.82, 2.24) is 5.32 Å². The summed E-state index contributed by atoms with van der Waals surface area (Å²) in [6, 6.07) is 14.4. The zero-order valence-corrected chi connectivity index (χ0v) is 19.9. The van der Waals surface area contributed by atoms with Crippen LogP contribution in [0.2, 0.25) is 0 Å². The van der Waals surface area contributed by atoms with Crippen molar-refractivity contribution < 1.29 is 23.0 Å². The van der Waals surface area contributed by atoms with Crippen LogP contribution in [0.25, 0.3) is 0 Å². The van der Waals surface area contributed by atoms with E-state index < -0.39 is 16.1 Å². The van der Waals surface area contributed by atoms with Crippen molar-refractivity contribution >= 4 is 15.7 Å². The second-order valence-corrected chi connectivity index (χ2v) is 10.3. The van der Waals surface area contributed by atoms with Gasteiger partial charge in [-0.25, -0.2) is 8.42 Å². The first-order valence-electron chi connectivity index (χ1n) is 10.1. The average molecular weight is 462 g/mol. The van der Waals surface area contributed by atoms with Crippen molar-refractivity contribution in [2.45, 2.75) is 31.9 Å². The van der Waals surface area contributed by atoms with Crippen LogP contribution < -0.4 is 19.1 Å². The lowest BCUT2D eigenvalue weighted by atomic mass is 9.94. The molecule has 0 heterocycles. The van der Waals surface area contributed by atoms with Gasteiger partial charge < -0.3 is 19.9 Å². The van der Waals surface area contributed by atoms with E-state index in [9.17, 15) is 18.8 Å². The van der Waals surface area contributed by atoms with Crippen LogP contribution >= 0.6 is 0 Å².